The summed E-state index contributed by atoms with van der Waals surface area (Å²) in [7, 11) is 0. The fourth-order valence-electron chi connectivity index (χ4n) is 2.16. The van der Waals surface area contributed by atoms with Gasteiger partial charge in [0.2, 0.25) is 5.89 Å². The summed E-state index contributed by atoms with van der Waals surface area (Å²) in [4.78, 5) is 28.6. The Bertz CT molecular complexity index is 800. The van der Waals surface area contributed by atoms with Crippen molar-refractivity contribution in [2.24, 2.45) is 0 Å². The average Bonchev–Trinajstić information content (AvgIpc) is 2.35. The summed E-state index contributed by atoms with van der Waals surface area (Å²) >= 11 is 0. The van der Waals surface area contributed by atoms with Crippen molar-refractivity contribution >= 4 is 17.0 Å². The summed E-state index contributed by atoms with van der Waals surface area (Å²) in [6.07, 6.45) is -0.601. The molecule has 0 atom stereocenters. The van der Waals surface area contributed by atoms with E-state index in [1.165, 1.54) is 0 Å². The van der Waals surface area contributed by atoms with E-state index in [9.17, 15) is 9.59 Å². The Balaban J connectivity index is 2.39. The van der Waals surface area contributed by atoms with Gasteiger partial charge in [-0.3, -0.25) is 0 Å². The number of benzene rings is 1. The monoisotopic (exact) mass is 318 g/mol. The average molecular weight is 318 g/mol. The van der Waals surface area contributed by atoms with Crippen molar-refractivity contribution in [3.8, 4) is 0 Å². The maximum atomic E-state index is 12.2. The van der Waals surface area contributed by atoms with Crippen LogP contribution in [0.15, 0.2) is 27.4 Å². The van der Waals surface area contributed by atoms with Crippen LogP contribution in [0.25, 0.3) is 10.9 Å². The highest BCUT2D eigenvalue weighted by Gasteiger charge is 2.30. The van der Waals surface area contributed by atoms with Gasteiger partial charge < -0.3 is 14.5 Å². The number of amides is 1. The Hall–Kier alpha value is -2.37. The molecule has 0 saturated heterocycles. The van der Waals surface area contributed by atoms with Crippen LogP contribution in [0.1, 0.15) is 46.1 Å². The van der Waals surface area contributed by atoms with Crippen molar-refractivity contribution in [3.63, 3.8) is 0 Å². The fourth-order valence-corrected chi connectivity index (χ4v) is 2.16. The Morgan fingerprint density at radius 3 is 2.48 bits per heavy atom. The van der Waals surface area contributed by atoms with Crippen molar-refractivity contribution in [3.05, 3.63) is 40.1 Å². The maximum absolute atomic E-state index is 12.2. The maximum Gasteiger partial charge on any atom is 0.408 e. The quantitative estimate of drug-likeness (QED) is 0.919. The number of nitrogens with zero attached hydrogens (tertiary/aromatic N) is 1. The zero-order valence-electron chi connectivity index (χ0n) is 14.3. The number of carbonyl (C=O) groups excluding carboxylic acids is 1. The predicted molar refractivity (Wildman–Crippen MR) is 87.4 cm³/mol. The van der Waals surface area contributed by atoms with Crippen molar-refractivity contribution < 1.29 is 13.9 Å². The molecule has 2 aromatic rings. The highest BCUT2D eigenvalue weighted by Crippen LogP contribution is 2.21. The zero-order valence-corrected chi connectivity index (χ0v) is 14.3. The number of ether oxygens (including phenoxy) is 1. The van der Waals surface area contributed by atoms with Crippen LogP contribution in [0, 0.1) is 6.92 Å². The number of rotatable bonds is 2. The standard InChI is InChI=1S/C17H22N2O4/c1-10-8-7-9-11-12(10)13(20)22-14(18-11)17(5,6)19-15(21)23-16(2,3)4/h7-9H,1-6H3,(H,19,21). The van der Waals surface area contributed by atoms with E-state index in [1.807, 2.05) is 19.1 Å². The smallest absolute Gasteiger partial charge is 0.408 e. The first-order valence-electron chi connectivity index (χ1n) is 7.42. The lowest BCUT2D eigenvalue weighted by Crippen LogP contribution is -2.44. The van der Waals surface area contributed by atoms with Crippen LogP contribution in [0.4, 0.5) is 4.79 Å². The van der Waals surface area contributed by atoms with Crippen molar-refractivity contribution in [2.45, 2.75) is 52.7 Å². The Kier molecular flexibility index (Phi) is 4.20. The predicted octanol–water partition coefficient (Wildman–Crippen LogP) is 3.26. The molecule has 1 amide bonds. The lowest BCUT2D eigenvalue weighted by atomic mass is 10.1. The molecule has 6 heteroatoms. The molecule has 23 heavy (non-hydrogen) atoms. The van der Waals surface area contributed by atoms with Crippen LogP contribution >= 0.6 is 0 Å². The van der Waals surface area contributed by atoms with E-state index in [4.69, 9.17) is 9.15 Å². The summed E-state index contributed by atoms with van der Waals surface area (Å²) in [6.45, 7) is 10.5. The molecular weight excluding hydrogens is 296 g/mol. The third kappa shape index (κ3) is 3.88. The summed E-state index contributed by atoms with van der Waals surface area (Å²) in [5.41, 5.74) is -0.736. The number of aryl methyl sites for hydroxylation is 1. The molecule has 6 nitrogen and oxygen atoms in total. The van der Waals surface area contributed by atoms with Gasteiger partial charge >= 0.3 is 11.7 Å². The Morgan fingerprint density at radius 2 is 1.87 bits per heavy atom. The molecule has 124 valence electrons. The Labute approximate surface area is 134 Å². The Morgan fingerprint density at radius 1 is 1.22 bits per heavy atom. The normalized spacial score (nSPS) is 12.3. The summed E-state index contributed by atoms with van der Waals surface area (Å²) in [5.74, 6) is 0.131. The number of hydrogen-bond acceptors (Lipinski definition) is 5. The highest BCUT2D eigenvalue weighted by molar-refractivity contribution is 5.80. The van der Waals surface area contributed by atoms with E-state index in [0.717, 1.165) is 5.56 Å². The molecule has 1 aromatic carbocycles. The molecule has 0 aliphatic rings. The van der Waals surface area contributed by atoms with Gasteiger partial charge in [-0.25, -0.2) is 14.6 Å². The van der Waals surface area contributed by atoms with Gasteiger partial charge in [0.25, 0.3) is 0 Å². The van der Waals surface area contributed by atoms with Crippen LogP contribution in [0.3, 0.4) is 0 Å². The van der Waals surface area contributed by atoms with Gasteiger partial charge in [-0.05, 0) is 53.2 Å². The van der Waals surface area contributed by atoms with E-state index >= 15 is 0 Å². The second-order valence-corrected chi connectivity index (χ2v) is 7.03. The second kappa shape index (κ2) is 5.68. The van der Waals surface area contributed by atoms with E-state index in [-0.39, 0.29) is 5.89 Å². The van der Waals surface area contributed by atoms with Gasteiger partial charge in [0, 0.05) is 0 Å². The first-order valence-corrected chi connectivity index (χ1v) is 7.42. The topological polar surface area (TPSA) is 81.4 Å². The number of alkyl carbamates (subject to hydrolysis) is 1. The van der Waals surface area contributed by atoms with Crippen LogP contribution in [-0.4, -0.2) is 16.7 Å². The summed E-state index contributed by atoms with van der Waals surface area (Å²) in [5, 5.41) is 3.13. The van der Waals surface area contributed by atoms with Gasteiger partial charge in [0.1, 0.15) is 11.1 Å². The van der Waals surface area contributed by atoms with E-state index in [2.05, 4.69) is 10.3 Å². The molecule has 0 aliphatic heterocycles. The van der Waals surface area contributed by atoms with Crippen LogP contribution < -0.4 is 10.9 Å². The highest BCUT2D eigenvalue weighted by atomic mass is 16.6. The number of nitrogens with one attached hydrogen (secondary N) is 1. The molecule has 0 unspecified atom stereocenters. The molecule has 2 rings (SSSR count). The van der Waals surface area contributed by atoms with E-state index < -0.39 is 22.9 Å². The number of aromatic nitrogens is 1. The molecule has 0 spiro atoms. The van der Waals surface area contributed by atoms with Crippen LogP contribution in [0.2, 0.25) is 0 Å². The minimum atomic E-state index is -0.987. The summed E-state index contributed by atoms with van der Waals surface area (Å²) in [6, 6.07) is 5.39. The molecular formula is C17H22N2O4. The molecule has 0 radical (unpaired) electrons. The van der Waals surface area contributed by atoms with Gasteiger partial charge in [0.15, 0.2) is 0 Å². The molecule has 0 fully saturated rings. The third-order valence-corrected chi connectivity index (χ3v) is 3.21. The first kappa shape index (κ1) is 17.0. The molecule has 0 bridgehead atoms. The molecule has 0 saturated carbocycles. The van der Waals surface area contributed by atoms with Crippen molar-refractivity contribution in [1.82, 2.24) is 10.3 Å². The lowest BCUT2D eigenvalue weighted by molar-refractivity contribution is 0.0453. The molecule has 1 aromatic heterocycles. The van der Waals surface area contributed by atoms with Gasteiger partial charge in [0.05, 0.1) is 10.9 Å². The number of hydrogen-bond donors (Lipinski definition) is 1. The second-order valence-electron chi connectivity index (χ2n) is 7.03. The molecule has 1 heterocycles. The fraction of sp³-hybridized carbons (Fsp3) is 0.471. The SMILES string of the molecule is Cc1cccc2nc(C(C)(C)NC(=O)OC(C)(C)C)oc(=O)c12. The van der Waals surface area contributed by atoms with Gasteiger partial charge in [-0.2, -0.15) is 0 Å². The van der Waals surface area contributed by atoms with Crippen molar-refractivity contribution in [2.75, 3.05) is 0 Å². The summed E-state index contributed by atoms with van der Waals surface area (Å²) < 4.78 is 10.6. The molecule has 1 N–H and O–H groups in total. The largest absolute Gasteiger partial charge is 0.444 e. The van der Waals surface area contributed by atoms with Crippen LogP contribution in [0.5, 0.6) is 0 Å². The van der Waals surface area contributed by atoms with Gasteiger partial charge in [-0.1, -0.05) is 12.1 Å². The minimum Gasteiger partial charge on any atom is -0.444 e. The van der Waals surface area contributed by atoms with Crippen LogP contribution in [-0.2, 0) is 10.3 Å². The van der Waals surface area contributed by atoms with E-state index in [0.29, 0.717) is 10.9 Å². The third-order valence-electron chi connectivity index (χ3n) is 3.21. The molecule has 0 aliphatic carbocycles. The number of fused-ring (bicyclic) bond motifs is 1. The van der Waals surface area contributed by atoms with Gasteiger partial charge in [-0.15, -0.1) is 0 Å². The van der Waals surface area contributed by atoms with E-state index in [1.54, 1.807) is 40.7 Å². The minimum absolute atomic E-state index is 0.131. The zero-order chi connectivity index (χ0) is 17.4. The lowest BCUT2D eigenvalue weighted by Gasteiger charge is -2.26. The van der Waals surface area contributed by atoms with Crippen molar-refractivity contribution in [1.29, 1.82) is 0 Å². The number of carbonyl (C=O) groups is 1. The first-order chi connectivity index (χ1) is 10.5.